The van der Waals surface area contributed by atoms with Crippen LogP contribution in [0.4, 0.5) is 0 Å². The Balaban J connectivity index is 1.40. The Morgan fingerprint density at radius 3 is 2.55 bits per heavy atom. The van der Waals surface area contributed by atoms with Crippen LogP contribution in [0.15, 0.2) is 24.3 Å². The Kier molecular flexibility index (Phi) is 6.16. The second-order valence-electron chi connectivity index (χ2n) is 8.95. The number of benzene rings is 1. The highest BCUT2D eigenvalue weighted by Crippen LogP contribution is 2.45. The van der Waals surface area contributed by atoms with Gasteiger partial charge < -0.3 is 10.2 Å². The summed E-state index contributed by atoms with van der Waals surface area (Å²) in [6.07, 6.45) is 6.83. The Hall–Kier alpha value is -1.59. The fourth-order valence-electron chi connectivity index (χ4n) is 5.40. The van der Waals surface area contributed by atoms with Gasteiger partial charge in [0.05, 0.1) is 5.41 Å². The number of carbonyl (C=O) groups excluding carboxylic acids is 2. The van der Waals surface area contributed by atoms with Gasteiger partial charge in [0, 0.05) is 24.2 Å². The van der Waals surface area contributed by atoms with Crippen molar-refractivity contribution < 1.29 is 9.59 Å². The number of piperidine rings is 1. The zero-order valence-corrected chi connectivity index (χ0v) is 18.1. The molecule has 3 aliphatic rings. The summed E-state index contributed by atoms with van der Waals surface area (Å²) in [7, 11) is 0. The van der Waals surface area contributed by atoms with E-state index in [4.69, 9.17) is 11.6 Å². The van der Waals surface area contributed by atoms with Gasteiger partial charge in [0.1, 0.15) is 6.04 Å². The highest BCUT2D eigenvalue weighted by molar-refractivity contribution is 6.31. The van der Waals surface area contributed by atoms with Gasteiger partial charge in [0.25, 0.3) is 0 Å². The van der Waals surface area contributed by atoms with E-state index in [1.807, 2.05) is 30.0 Å². The van der Waals surface area contributed by atoms with E-state index < -0.39 is 0 Å². The van der Waals surface area contributed by atoms with E-state index in [0.29, 0.717) is 19.0 Å². The van der Waals surface area contributed by atoms with Crippen molar-refractivity contribution in [3.8, 4) is 0 Å². The monoisotopic (exact) mass is 417 g/mol. The largest absolute Gasteiger partial charge is 0.352 e. The van der Waals surface area contributed by atoms with Gasteiger partial charge in [0.15, 0.2) is 0 Å². The van der Waals surface area contributed by atoms with Gasteiger partial charge in [-0.15, -0.1) is 0 Å². The van der Waals surface area contributed by atoms with Crippen molar-refractivity contribution in [2.24, 2.45) is 5.41 Å². The molecule has 4 rings (SSSR count). The quantitative estimate of drug-likeness (QED) is 0.796. The highest BCUT2D eigenvalue weighted by Gasteiger charge is 2.54. The third-order valence-corrected chi connectivity index (χ3v) is 7.55. The topological polar surface area (TPSA) is 52.7 Å². The Bertz CT molecular complexity index is 754. The fraction of sp³-hybridized carbons (Fsp3) is 0.652. The van der Waals surface area contributed by atoms with E-state index in [2.05, 4.69) is 16.3 Å². The highest BCUT2D eigenvalue weighted by atomic mass is 35.5. The predicted molar refractivity (Wildman–Crippen MR) is 115 cm³/mol. The number of likely N-dealkylation sites (N-methyl/N-ethyl adjacent to an activating group) is 1. The minimum Gasteiger partial charge on any atom is -0.352 e. The van der Waals surface area contributed by atoms with Gasteiger partial charge in [-0.05, 0) is 63.7 Å². The minimum absolute atomic E-state index is 0.0578. The molecule has 1 saturated carbocycles. The molecule has 0 unspecified atom stereocenters. The molecule has 6 heteroatoms. The zero-order valence-electron chi connectivity index (χ0n) is 17.3. The molecule has 0 bridgehead atoms. The van der Waals surface area contributed by atoms with Crippen LogP contribution in [0.1, 0.15) is 57.4 Å². The van der Waals surface area contributed by atoms with E-state index in [-0.39, 0.29) is 23.3 Å². The number of rotatable bonds is 5. The number of halogens is 1. The Morgan fingerprint density at radius 1 is 1.21 bits per heavy atom. The summed E-state index contributed by atoms with van der Waals surface area (Å²) < 4.78 is 0. The maximum absolute atomic E-state index is 13.3. The molecular weight excluding hydrogens is 386 g/mol. The first-order valence-electron chi connectivity index (χ1n) is 11.1. The van der Waals surface area contributed by atoms with Crippen LogP contribution in [0.5, 0.6) is 0 Å². The van der Waals surface area contributed by atoms with Crippen LogP contribution in [0.3, 0.4) is 0 Å². The molecule has 1 spiro atoms. The summed E-state index contributed by atoms with van der Waals surface area (Å²) in [5.41, 5.74) is 0.761. The third-order valence-electron chi connectivity index (χ3n) is 7.18. The standard InChI is InChI=1S/C23H32ClN3O2/c1-2-27-20(21(28)25-18-8-4-5-9-18)15-23(22(27)29)11-13-26(14-12-23)16-17-7-3-6-10-19(17)24/h3,6-7,10,18,20H,2,4-5,8-9,11-16H2,1H3,(H,25,28)/t20-/m0/s1. The lowest BCUT2D eigenvalue weighted by atomic mass is 9.76. The van der Waals surface area contributed by atoms with Crippen molar-refractivity contribution in [3.63, 3.8) is 0 Å². The average Bonchev–Trinajstić information content (AvgIpc) is 3.32. The van der Waals surface area contributed by atoms with E-state index in [9.17, 15) is 9.59 Å². The van der Waals surface area contributed by atoms with Crippen molar-refractivity contribution in [2.45, 2.75) is 70.5 Å². The molecular formula is C23H32ClN3O2. The maximum atomic E-state index is 13.3. The number of hydrogen-bond donors (Lipinski definition) is 1. The summed E-state index contributed by atoms with van der Waals surface area (Å²) in [6, 6.07) is 7.95. The van der Waals surface area contributed by atoms with Gasteiger partial charge in [-0.25, -0.2) is 0 Å². The normalized spacial score (nSPS) is 25.1. The van der Waals surface area contributed by atoms with Crippen LogP contribution in [-0.4, -0.2) is 53.3 Å². The number of carbonyl (C=O) groups is 2. The van der Waals surface area contributed by atoms with Gasteiger partial charge in [-0.2, -0.15) is 0 Å². The van der Waals surface area contributed by atoms with Crippen LogP contribution in [-0.2, 0) is 16.1 Å². The van der Waals surface area contributed by atoms with Crippen molar-refractivity contribution >= 4 is 23.4 Å². The zero-order chi connectivity index (χ0) is 20.4. The molecule has 1 aromatic rings. The molecule has 0 radical (unpaired) electrons. The van der Waals surface area contributed by atoms with E-state index >= 15 is 0 Å². The molecule has 0 aromatic heterocycles. The van der Waals surface area contributed by atoms with E-state index in [1.165, 1.54) is 12.8 Å². The SMILES string of the molecule is CCN1C(=O)C2(CCN(Cc3ccccc3Cl)CC2)C[C@H]1C(=O)NC1CCCC1. The van der Waals surface area contributed by atoms with Crippen LogP contribution in [0.2, 0.25) is 5.02 Å². The van der Waals surface area contributed by atoms with Gasteiger partial charge >= 0.3 is 0 Å². The summed E-state index contributed by atoms with van der Waals surface area (Å²) in [5.74, 6) is 0.242. The smallest absolute Gasteiger partial charge is 0.243 e. The number of nitrogens with one attached hydrogen (secondary N) is 1. The number of amides is 2. The van der Waals surface area contributed by atoms with Crippen LogP contribution >= 0.6 is 11.6 Å². The summed E-state index contributed by atoms with van der Waals surface area (Å²) >= 11 is 6.32. The lowest BCUT2D eigenvalue weighted by Crippen LogP contribution is -2.47. The average molecular weight is 418 g/mol. The van der Waals surface area contributed by atoms with Gasteiger partial charge in [-0.3, -0.25) is 14.5 Å². The Labute approximate surface area is 178 Å². The molecule has 1 N–H and O–H groups in total. The van der Waals surface area contributed by atoms with Gasteiger partial charge in [-0.1, -0.05) is 42.6 Å². The maximum Gasteiger partial charge on any atom is 0.243 e. The number of likely N-dealkylation sites (tertiary alicyclic amines) is 2. The molecule has 158 valence electrons. The molecule has 1 aliphatic carbocycles. The molecule has 2 saturated heterocycles. The second kappa shape index (κ2) is 8.65. The molecule has 3 fully saturated rings. The molecule has 5 nitrogen and oxygen atoms in total. The molecule has 2 amide bonds. The van der Waals surface area contributed by atoms with E-state index in [1.54, 1.807) is 0 Å². The molecule has 29 heavy (non-hydrogen) atoms. The first-order valence-corrected chi connectivity index (χ1v) is 11.5. The first-order chi connectivity index (χ1) is 14.0. The molecule has 2 heterocycles. The summed E-state index contributed by atoms with van der Waals surface area (Å²) in [6.45, 7) is 5.13. The van der Waals surface area contributed by atoms with Crippen molar-refractivity contribution in [1.29, 1.82) is 0 Å². The van der Waals surface area contributed by atoms with Crippen LogP contribution < -0.4 is 5.32 Å². The molecule has 1 atom stereocenters. The summed E-state index contributed by atoms with van der Waals surface area (Å²) in [4.78, 5) is 30.5. The van der Waals surface area contributed by atoms with Crippen molar-refractivity contribution in [1.82, 2.24) is 15.1 Å². The fourth-order valence-corrected chi connectivity index (χ4v) is 5.60. The molecule has 2 aliphatic heterocycles. The lowest BCUT2D eigenvalue weighted by molar-refractivity contribution is -0.141. The Morgan fingerprint density at radius 2 is 1.90 bits per heavy atom. The summed E-state index contributed by atoms with van der Waals surface area (Å²) in [5, 5.41) is 4.01. The molecule has 1 aromatic carbocycles. The second-order valence-corrected chi connectivity index (χ2v) is 9.36. The van der Waals surface area contributed by atoms with Crippen LogP contribution in [0.25, 0.3) is 0 Å². The van der Waals surface area contributed by atoms with Crippen molar-refractivity contribution in [3.05, 3.63) is 34.9 Å². The number of nitrogens with zero attached hydrogens (tertiary/aromatic N) is 2. The predicted octanol–water partition coefficient (Wildman–Crippen LogP) is 3.60. The van der Waals surface area contributed by atoms with Gasteiger partial charge in [0.2, 0.25) is 11.8 Å². The van der Waals surface area contributed by atoms with Crippen molar-refractivity contribution in [2.75, 3.05) is 19.6 Å². The van der Waals surface area contributed by atoms with Crippen LogP contribution in [0, 0.1) is 5.41 Å². The first kappa shape index (κ1) is 20.7. The van der Waals surface area contributed by atoms with E-state index in [0.717, 1.165) is 55.9 Å². The minimum atomic E-state index is -0.370. The third kappa shape index (κ3) is 4.17. The number of hydrogen-bond acceptors (Lipinski definition) is 3. The lowest BCUT2D eigenvalue weighted by Gasteiger charge is -2.38.